The van der Waals surface area contributed by atoms with Crippen molar-refractivity contribution in [2.24, 2.45) is 0 Å². The Morgan fingerprint density at radius 1 is 1.03 bits per heavy atom. The van der Waals surface area contributed by atoms with Crippen molar-refractivity contribution in [1.29, 1.82) is 0 Å². The lowest BCUT2D eigenvalue weighted by Gasteiger charge is -2.29. The molecule has 4 aromatic rings. The third kappa shape index (κ3) is 3.75. The second-order valence-corrected chi connectivity index (χ2v) is 9.06. The average molecular weight is 416 g/mol. The Kier molecular flexibility index (Phi) is 5.09. The number of pyridine rings is 1. The van der Waals surface area contributed by atoms with Crippen molar-refractivity contribution in [2.45, 2.75) is 32.6 Å². The number of nitrogen functional groups attached to an aromatic ring is 1. The highest BCUT2D eigenvalue weighted by Crippen LogP contribution is 2.33. The molecule has 1 aliphatic heterocycles. The lowest BCUT2D eigenvalue weighted by atomic mass is 10.1. The zero-order valence-electron chi connectivity index (χ0n) is 17.1. The monoisotopic (exact) mass is 415 g/mol. The van der Waals surface area contributed by atoms with E-state index in [1.165, 1.54) is 35.3 Å². The summed E-state index contributed by atoms with van der Waals surface area (Å²) in [6.07, 6.45) is 6.53. The van der Waals surface area contributed by atoms with Crippen molar-refractivity contribution in [2.75, 3.05) is 23.7 Å². The standard InChI is InChI=1S/C24H25N5S/c1-16-7-5-8-17(13-16)22-27-21(25)20-15-19(30-24(20)28-22)14-18-9-6-10-26-23(18)29-11-3-2-4-12-29/h5-10,13,15H,2-4,11-12,14H2,1H3,(H2,25,27,28). The molecule has 0 aliphatic carbocycles. The minimum Gasteiger partial charge on any atom is -0.383 e. The normalized spacial score (nSPS) is 14.4. The van der Waals surface area contributed by atoms with Crippen molar-refractivity contribution >= 4 is 33.2 Å². The number of anilines is 2. The number of thiophene rings is 1. The summed E-state index contributed by atoms with van der Waals surface area (Å²) >= 11 is 1.70. The maximum atomic E-state index is 6.32. The van der Waals surface area contributed by atoms with E-state index in [-0.39, 0.29) is 0 Å². The first-order chi connectivity index (χ1) is 14.7. The van der Waals surface area contributed by atoms with E-state index in [1.807, 2.05) is 24.4 Å². The molecule has 5 rings (SSSR count). The van der Waals surface area contributed by atoms with Gasteiger partial charge in [0.1, 0.15) is 16.5 Å². The van der Waals surface area contributed by atoms with Crippen molar-refractivity contribution in [3.63, 3.8) is 0 Å². The fourth-order valence-corrected chi connectivity index (χ4v) is 5.20. The van der Waals surface area contributed by atoms with E-state index in [0.29, 0.717) is 11.6 Å². The fraction of sp³-hybridized carbons (Fsp3) is 0.292. The van der Waals surface area contributed by atoms with Crippen molar-refractivity contribution in [1.82, 2.24) is 15.0 Å². The third-order valence-corrected chi connectivity index (χ3v) is 6.67. The van der Waals surface area contributed by atoms with E-state index < -0.39 is 0 Å². The summed E-state index contributed by atoms with van der Waals surface area (Å²) in [4.78, 5) is 18.7. The number of fused-ring (bicyclic) bond motifs is 1. The van der Waals surface area contributed by atoms with Crippen LogP contribution in [0.5, 0.6) is 0 Å². The molecule has 1 fully saturated rings. The number of aromatic nitrogens is 3. The quantitative estimate of drug-likeness (QED) is 0.495. The molecule has 30 heavy (non-hydrogen) atoms. The van der Waals surface area contributed by atoms with Crippen LogP contribution < -0.4 is 10.6 Å². The van der Waals surface area contributed by atoms with Gasteiger partial charge in [0, 0.05) is 36.1 Å². The minimum atomic E-state index is 0.543. The molecule has 0 spiro atoms. The van der Waals surface area contributed by atoms with E-state index in [9.17, 15) is 0 Å². The number of piperidine rings is 1. The maximum Gasteiger partial charge on any atom is 0.163 e. The predicted molar refractivity (Wildman–Crippen MR) is 125 cm³/mol. The van der Waals surface area contributed by atoms with E-state index in [2.05, 4.69) is 41.1 Å². The van der Waals surface area contributed by atoms with Gasteiger partial charge < -0.3 is 10.6 Å². The maximum absolute atomic E-state index is 6.32. The van der Waals surface area contributed by atoms with Crippen LogP contribution in [-0.2, 0) is 6.42 Å². The Morgan fingerprint density at radius 2 is 1.90 bits per heavy atom. The van der Waals surface area contributed by atoms with E-state index in [1.54, 1.807) is 11.3 Å². The minimum absolute atomic E-state index is 0.543. The molecular formula is C24H25N5S. The molecule has 3 aromatic heterocycles. The summed E-state index contributed by atoms with van der Waals surface area (Å²) in [5.41, 5.74) is 9.76. The number of benzene rings is 1. The molecule has 1 aromatic carbocycles. The molecular weight excluding hydrogens is 390 g/mol. The second kappa shape index (κ2) is 8.03. The van der Waals surface area contributed by atoms with Gasteiger partial charge in [-0.1, -0.05) is 29.8 Å². The SMILES string of the molecule is Cc1cccc(-c2nc(N)c3cc(Cc4cccnc4N4CCCCC4)sc3n2)c1. The van der Waals surface area contributed by atoms with Gasteiger partial charge >= 0.3 is 0 Å². The van der Waals surface area contributed by atoms with Gasteiger partial charge in [0.2, 0.25) is 0 Å². The molecule has 0 saturated carbocycles. The van der Waals surface area contributed by atoms with Crippen LogP contribution in [0.1, 0.15) is 35.3 Å². The van der Waals surface area contributed by atoms with Crippen LogP contribution in [0.2, 0.25) is 0 Å². The van der Waals surface area contributed by atoms with Gasteiger partial charge in [0.05, 0.1) is 5.39 Å². The van der Waals surface area contributed by atoms with Crippen molar-refractivity contribution in [3.05, 3.63) is 64.7 Å². The van der Waals surface area contributed by atoms with Gasteiger partial charge in [0.25, 0.3) is 0 Å². The van der Waals surface area contributed by atoms with E-state index in [4.69, 9.17) is 15.7 Å². The number of aryl methyl sites for hydroxylation is 1. The zero-order valence-corrected chi connectivity index (χ0v) is 18.0. The predicted octanol–water partition coefficient (Wildman–Crippen LogP) is 5.23. The van der Waals surface area contributed by atoms with Crippen LogP contribution in [0, 0.1) is 6.92 Å². The number of nitrogens with zero attached hydrogens (tertiary/aromatic N) is 4. The van der Waals surface area contributed by atoms with E-state index >= 15 is 0 Å². The number of hydrogen-bond donors (Lipinski definition) is 1. The molecule has 0 radical (unpaired) electrons. The Bertz CT molecular complexity index is 1190. The Hall–Kier alpha value is -2.99. The van der Waals surface area contributed by atoms with Gasteiger partial charge in [-0.3, -0.25) is 0 Å². The molecule has 0 atom stereocenters. The first-order valence-electron chi connectivity index (χ1n) is 10.5. The Balaban J connectivity index is 1.49. The molecule has 1 saturated heterocycles. The molecule has 152 valence electrons. The summed E-state index contributed by atoms with van der Waals surface area (Å²) < 4.78 is 0. The van der Waals surface area contributed by atoms with Crippen LogP contribution in [0.25, 0.3) is 21.6 Å². The van der Waals surface area contributed by atoms with Crippen molar-refractivity contribution < 1.29 is 0 Å². The second-order valence-electron chi connectivity index (χ2n) is 7.94. The van der Waals surface area contributed by atoms with Crippen LogP contribution in [0.15, 0.2) is 48.7 Å². The highest BCUT2D eigenvalue weighted by Gasteiger charge is 2.17. The summed E-state index contributed by atoms with van der Waals surface area (Å²) in [5.74, 6) is 2.35. The zero-order chi connectivity index (χ0) is 20.5. The summed E-state index contributed by atoms with van der Waals surface area (Å²) in [7, 11) is 0. The molecule has 2 N–H and O–H groups in total. The number of nitrogens with two attached hydrogens (primary N) is 1. The Labute approximate surface area is 180 Å². The highest BCUT2D eigenvalue weighted by molar-refractivity contribution is 7.18. The number of hydrogen-bond acceptors (Lipinski definition) is 6. The average Bonchev–Trinajstić information content (AvgIpc) is 3.18. The van der Waals surface area contributed by atoms with Crippen LogP contribution >= 0.6 is 11.3 Å². The molecule has 5 nitrogen and oxygen atoms in total. The van der Waals surface area contributed by atoms with Gasteiger partial charge in [0.15, 0.2) is 5.82 Å². The molecule has 6 heteroatoms. The van der Waals surface area contributed by atoms with Gasteiger partial charge in [-0.15, -0.1) is 11.3 Å². The molecule has 4 heterocycles. The van der Waals surface area contributed by atoms with Gasteiger partial charge in [-0.2, -0.15) is 0 Å². The fourth-order valence-electron chi connectivity index (χ4n) is 4.14. The lowest BCUT2D eigenvalue weighted by Crippen LogP contribution is -2.31. The summed E-state index contributed by atoms with van der Waals surface area (Å²) in [6, 6.07) is 14.6. The molecule has 1 aliphatic rings. The summed E-state index contributed by atoms with van der Waals surface area (Å²) in [6.45, 7) is 4.26. The summed E-state index contributed by atoms with van der Waals surface area (Å²) in [5, 5.41) is 0.940. The first kappa shape index (κ1) is 19.0. The largest absolute Gasteiger partial charge is 0.383 e. The lowest BCUT2D eigenvalue weighted by molar-refractivity contribution is 0.572. The smallest absolute Gasteiger partial charge is 0.163 e. The number of rotatable bonds is 4. The molecule has 0 unspecified atom stereocenters. The topological polar surface area (TPSA) is 67.9 Å². The van der Waals surface area contributed by atoms with Crippen LogP contribution in [-0.4, -0.2) is 28.0 Å². The van der Waals surface area contributed by atoms with Gasteiger partial charge in [-0.05, 0) is 49.9 Å². The van der Waals surface area contributed by atoms with Crippen LogP contribution in [0.4, 0.5) is 11.6 Å². The molecule has 0 amide bonds. The third-order valence-electron chi connectivity index (χ3n) is 5.64. The molecule has 0 bridgehead atoms. The highest BCUT2D eigenvalue weighted by atomic mass is 32.1. The van der Waals surface area contributed by atoms with Gasteiger partial charge in [-0.25, -0.2) is 15.0 Å². The van der Waals surface area contributed by atoms with Crippen molar-refractivity contribution in [3.8, 4) is 11.4 Å². The van der Waals surface area contributed by atoms with E-state index in [0.717, 1.165) is 41.1 Å². The first-order valence-corrected chi connectivity index (χ1v) is 11.3. The van der Waals surface area contributed by atoms with Crippen LogP contribution in [0.3, 0.4) is 0 Å². The Morgan fingerprint density at radius 3 is 2.73 bits per heavy atom.